The summed E-state index contributed by atoms with van der Waals surface area (Å²) in [5, 5.41) is 12.3. The van der Waals surface area contributed by atoms with E-state index in [1.54, 1.807) is 13.8 Å². The first kappa shape index (κ1) is 13.8. The van der Waals surface area contributed by atoms with E-state index in [4.69, 9.17) is 14.6 Å². The molecular weight excluding hydrogens is 182 g/mol. The van der Waals surface area contributed by atoms with Crippen LogP contribution in [0.5, 0.6) is 0 Å². The number of aliphatic hydroxyl groups excluding tert-OH is 1. The molecule has 0 aliphatic heterocycles. The Kier molecular flexibility index (Phi) is 5.01. The molecule has 0 aliphatic carbocycles. The summed E-state index contributed by atoms with van der Waals surface area (Å²) < 4.78 is 10.7. The van der Waals surface area contributed by atoms with Crippen LogP contribution in [0.2, 0.25) is 0 Å². The highest BCUT2D eigenvalue weighted by Crippen LogP contribution is 2.15. The third-order valence-corrected chi connectivity index (χ3v) is 1.42. The normalized spacial score (nSPS) is 19.1. The van der Waals surface area contributed by atoms with Crippen molar-refractivity contribution in [1.29, 1.82) is 0 Å². The van der Waals surface area contributed by atoms with Crippen molar-refractivity contribution in [2.45, 2.75) is 59.3 Å². The molecule has 0 rings (SSSR count). The SMILES string of the molecule is CCOC(C)(NC(C)(C)C)OC(C)O. The predicted molar refractivity (Wildman–Crippen MR) is 55.7 cm³/mol. The number of rotatable bonds is 5. The Labute approximate surface area is 86.6 Å². The largest absolute Gasteiger partial charge is 0.368 e. The molecule has 0 fully saturated rings. The smallest absolute Gasteiger partial charge is 0.227 e. The Balaban J connectivity index is 4.38. The second kappa shape index (κ2) is 5.07. The third-order valence-electron chi connectivity index (χ3n) is 1.42. The van der Waals surface area contributed by atoms with E-state index in [-0.39, 0.29) is 5.54 Å². The van der Waals surface area contributed by atoms with Gasteiger partial charge in [0.2, 0.25) is 5.91 Å². The molecule has 0 amide bonds. The van der Waals surface area contributed by atoms with Crippen LogP contribution in [0.4, 0.5) is 0 Å². The lowest BCUT2D eigenvalue weighted by atomic mass is 10.1. The van der Waals surface area contributed by atoms with Crippen molar-refractivity contribution in [1.82, 2.24) is 5.32 Å². The van der Waals surface area contributed by atoms with Crippen LogP contribution in [0, 0.1) is 0 Å². The lowest BCUT2D eigenvalue weighted by molar-refractivity contribution is -0.305. The summed E-state index contributed by atoms with van der Waals surface area (Å²) in [6, 6.07) is 0. The van der Waals surface area contributed by atoms with Gasteiger partial charge in [-0.05, 0) is 34.6 Å². The van der Waals surface area contributed by atoms with Crippen molar-refractivity contribution in [3.05, 3.63) is 0 Å². The van der Waals surface area contributed by atoms with Crippen LogP contribution in [0.3, 0.4) is 0 Å². The Morgan fingerprint density at radius 3 is 2.07 bits per heavy atom. The number of aliphatic hydroxyl groups is 1. The van der Waals surface area contributed by atoms with Gasteiger partial charge in [-0.15, -0.1) is 0 Å². The maximum absolute atomic E-state index is 9.17. The van der Waals surface area contributed by atoms with Gasteiger partial charge in [0, 0.05) is 19.1 Å². The fraction of sp³-hybridized carbons (Fsp3) is 1.00. The molecule has 2 atom stereocenters. The van der Waals surface area contributed by atoms with E-state index in [0.717, 1.165) is 0 Å². The van der Waals surface area contributed by atoms with Gasteiger partial charge in [-0.2, -0.15) is 0 Å². The van der Waals surface area contributed by atoms with E-state index in [9.17, 15) is 0 Å². The van der Waals surface area contributed by atoms with Gasteiger partial charge in [0.1, 0.15) is 0 Å². The molecule has 0 aromatic carbocycles. The highest BCUT2D eigenvalue weighted by Gasteiger charge is 2.31. The minimum atomic E-state index is -0.943. The Morgan fingerprint density at radius 2 is 1.79 bits per heavy atom. The molecule has 0 heterocycles. The summed E-state index contributed by atoms with van der Waals surface area (Å²) in [6.45, 7) is 11.7. The van der Waals surface area contributed by atoms with E-state index in [1.807, 2.05) is 27.7 Å². The first-order valence-electron chi connectivity index (χ1n) is 4.98. The lowest BCUT2D eigenvalue weighted by Gasteiger charge is -2.37. The van der Waals surface area contributed by atoms with E-state index < -0.39 is 12.2 Å². The van der Waals surface area contributed by atoms with Crippen molar-refractivity contribution in [2.24, 2.45) is 0 Å². The van der Waals surface area contributed by atoms with Crippen LogP contribution >= 0.6 is 0 Å². The topological polar surface area (TPSA) is 50.7 Å². The molecule has 14 heavy (non-hydrogen) atoms. The van der Waals surface area contributed by atoms with Crippen LogP contribution in [-0.2, 0) is 9.47 Å². The number of hydrogen-bond acceptors (Lipinski definition) is 4. The molecule has 0 aromatic heterocycles. The van der Waals surface area contributed by atoms with E-state index >= 15 is 0 Å². The fourth-order valence-corrected chi connectivity index (χ4v) is 1.38. The minimum Gasteiger partial charge on any atom is -0.368 e. The first-order valence-corrected chi connectivity index (χ1v) is 4.98. The Hall–Kier alpha value is -0.160. The van der Waals surface area contributed by atoms with E-state index in [0.29, 0.717) is 6.61 Å². The van der Waals surface area contributed by atoms with Crippen molar-refractivity contribution >= 4 is 0 Å². The Morgan fingerprint density at radius 1 is 1.29 bits per heavy atom. The fourth-order valence-electron chi connectivity index (χ4n) is 1.38. The third kappa shape index (κ3) is 6.32. The quantitative estimate of drug-likeness (QED) is 0.667. The van der Waals surface area contributed by atoms with Crippen molar-refractivity contribution < 1.29 is 14.6 Å². The lowest BCUT2D eigenvalue weighted by Crippen LogP contribution is -2.56. The number of hydrogen-bond donors (Lipinski definition) is 2. The maximum atomic E-state index is 9.17. The highest BCUT2D eigenvalue weighted by atomic mass is 16.8. The van der Waals surface area contributed by atoms with Gasteiger partial charge >= 0.3 is 0 Å². The van der Waals surface area contributed by atoms with Crippen LogP contribution in [0.1, 0.15) is 41.5 Å². The predicted octanol–water partition coefficient (Wildman–Crippen LogP) is 1.44. The first-order chi connectivity index (χ1) is 6.18. The number of nitrogens with one attached hydrogen (secondary N) is 1. The van der Waals surface area contributed by atoms with Gasteiger partial charge in [0.25, 0.3) is 0 Å². The second-order valence-electron chi connectivity index (χ2n) is 4.47. The summed E-state index contributed by atoms with van der Waals surface area (Å²) >= 11 is 0. The van der Waals surface area contributed by atoms with Gasteiger partial charge in [-0.1, -0.05) is 0 Å². The highest BCUT2D eigenvalue weighted by molar-refractivity contribution is 4.76. The molecule has 86 valence electrons. The molecule has 2 N–H and O–H groups in total. The molecule has 4 nitrogen and oxygen atoms in total. The zero-order valence-corrected chi connectivity index (χ0v) is 10.0. The monoisotopic (exact) mass is 205 g/mol. The van der Waals surface area contributed by atoms with Crippen molar-refractivity contribution in [2.75, 3.05) is 6.61 Å². The molecule has 0 bridgehead atoms. The molecule has 0 aliphatic rings. The summed E-state index contributed by atoms with van der Waals surface area (Å²) in [5.41, 5.74) is -0.140. The summed E-state index contributed by atoms with van der Waals surface area (Å²) in [7, 11) is 0. The molecular formula is C10H23NO3. The van der Waals surface area contributed by atoms with Crippen LogP contribution < -0.4 is 5.32 Å². The maximum Gasteiger partial charge on any atom is 0.227 e. The van der Waals surface area contributed by atoms with E-state index in [2.05, 4.69) is 5.32 Å². The molecule has 2 unspecified atom stereocenters. The minimum absolute atomic E-state index is 0.140. The standard InChI is InChI=1S/C10H23NO3/c1-7-13-10(6,14-8(2)12)11-9(3,4)5/h8,11-12H,7H2,1-6H3. The molecule has 0 saturated heterocycles. The van der Waals surface area contributed by atoms with Gasteiger partial charge in [0.15, 0.2) is 6.29 Å². The van der Waals surface area contributed by atoms with Crippen LogP contribution in [0.15, 0.2) is 0 Å². The van der Waals surface area contributed by atoms with Crippen molar-refractivity contribution in [3.8, 4) is 0 Å². The summed E-state index contributed by atoms with van der Waals surface area (Å²) in [6.07, 6.45) is -0.860. The van der Waals surface area contributed by atoms with Gasteiger partial charge in [0.05, 0.1) is 0 Å². The molecule has 0 radical (unpaired) electrons. The molecule has 0 spiro atoms. The molecule has 0 aromatic rings. The van der Waals surface area contributed by atoms with Crippen LogP contribution in [-0.4, -0.2) is 29.5 Å². The van der Waals surface area contributed by atoms with Gasteiger partial charge < -0.3 is 14.6 Å². The zero-order valence-electron chi connectivity index (χ0n) is 10.0. The molecule has 0 saturated carbocycles. The van der Waals surface area contributed by atoms with E-state index in [1.165, 1.54) is 0 Å². The summed E-state index contributed by atoms with van der Waals surface area (Å²) in [5.74, 6) is -0.943. The average molecular weight is 205 g/mol. The Bertz CT molecular complexity index is 165. The second-order valence-corrected chi connectivity index (χ2v) is 4.47. The summed E-state index contributed by atoms with van der Waals surface area (Å²) in [4.78, 5) is 0. The van der Waals surface area contributed by atoms with Gasteiger partial charge in [-0.25, -0.2) is 0 Å². The average Bonchev–Trinajstić information content (AvgIpc) is 1.78. The van der Waals surface area contributed by atoms with Gasteiger partial charge in [-0.3, -0.25) is 5.32 Å². The van der Waals surface area contributed by atoms with Crippen LogP contribution in [0.25, 0.3) is 0 Å². The van der Waals surface area contributed by atoms with Crippen molar-refractivity contribution in [3.63, 3.8) is 0 Å². The zero-order chi connectivity index (χ0) is 11.4. The molecule has 4 heteroatoms. The number of ether oxygens (including phenoxy) is 2.